The Kier molecular flexibility index (Phi) is 4.13. The van der Waals surface area contributed by atoms with E-state index < -0.39 is 0 Å². The molecule has 2 amide bonds. The Labute approximate surface area is 132 Å². The maximum Gasteiger partial charge on any atom is 0.267 e. The molecule has 2 N–H and O–H groups in total. The molecule has 23 heavy (non-hydrogen) atoms. The van der Waals surface area contributed by atoms with Crippen LogP contribution in [0.1, 0.15) is 24.3 Å². The summed E-state index contributed by atoms with van der Waals surface area (Å²) in [6.45, 7) is 2.11. The number of benzene rings is 1. The minimum absolute atomic E-state index is 0.172. The Morgan fingerprint density at radius 3 is 2.70 bits per heavy atom. The third-order valence-corrected chi connectivity index (χ3v) is 3.36. The molecule has 1 aliphatic rings. The van der Waals surface area contributed by atoms with Crippen molar-refractivity contribution in [2.24, 2.45) is 5.10 Å². The third-order valence-electron chi connectivity index (χ3n) is 3.36. The topological polar surface area (TPSA) is 109 Å². The predicted molar refractivity (Wildman–Crippen MR) is 81.1 cm³/mol. The lowest BCUT2D eigenvalue weighted by molar-refractivity contribution is -0.121. The van der Waals surface area contributed by atoms with Crippen molar-refractivity contribution in [3.05, 3.63) is 35.7 Å². The van der Waals surface area contributed by atoms with Crippen LogP contribution in [0.4, 0.5) is 0 Å². The summed E-state index contributed by atoms with van der Waals surface area (Å²) in [6, 6.07) is 7.49. The van der Waals surface area contributed by atoms with Crippen LogP contribution in [0, 0.1) is 6.92 Å². The highest BCUT2D eigenvalue weighted by Gasteiger charge is 2.17. The quantitative estimate of drug-likeness (QED) is 0.872. The first kappa shape index (κ1) is 14.9. The molecule has 0 bridgehead atoms. The van der Waals surface area contributed by atoms with E-state index in [4.69, 9.17) is 4.52 Å². The average molecular weight is 313 g/mol. The molecule has 0 radical (unpaired) electrons. The van der Waals surface area contributed by atoms with Crippen LogP contribution in [0.2, 0.25) is 0 Å². The zero-order valence-corrected chi connectivity index (χ0v) is 12.5. The summed E-state index contributed by atoms with van der Waals surface area (Å²) in [6.07, 6.45) is 0.638. The van der Waals surface area contributed by atoms with E-state index >= 15 is 0 Å². The first-order chi connectivity index (χ1) is 11.1. The van der Waals surface area contributed by atoms with Gasteiger partial charge in [0.1, 0.15) is 5.71 Å². The number of hydrogen-bond donors (Lipinski definition) is 2. The molecule has 118 valence electrons. The lowest BCUT2D eigenvalue weighted by atomic mass is 10.1. The second-order valence-corrected chi connectivity index (χ2v) is 5.11. The van der Waals surface area contributed by atoms with Crippen LogP contribution in [-0.4, -0.2) is 27.7 Å². The van der Waals surface area contributed by atoms with Crippen molar-refractivity contribution in [1.29, 1.82) is 0 Å². The van der Waals surface area contributed by atoms with Crippen molar-refractivity contribution < 1.29 is 14.1 Å². The van der Waals surface area contributed by atoms with Gasteiger partial charge < -0.3 is 9.84 Å². The van der Waals surface area contributed by atoms with Gasteiger partial charge in [0.15, 0.2) is 0 Å². The van der Waals surface area contributed by atoms with E-state index in [-0.39, 0.29) is 18.2 Å². The zero-order valence-electron chi connectivity index (χ0n) is 12.5. The van der Waals surface area contributed by atoms with Crippen molar-refractivity contribution >= 4 is 17.5 Å². The van der Waals surface area contributed by atoms with Gasteiger partial charge in [0.25, 0.3) is 5.91 Å². The molecular weight excluding hydrogens is 298 g/mol. The lowest BCUT2D eigenvalue weighted by Gasteiger charge is -2.12. The van der Waals surface area contributed by atoms with Crippen molar-refractivity contribution in [2.75, 3.05) is 0 Å². The second-order valence-electron chi connectivity index (χ2n) is 5.11. The Bertz CT molecular complexity index is 764. The Morgan fingerprint density at radius 2 is 2.09 bits per heavy atom. The Morgan fingerprint density at radius 1 is 1.30 bits per heavy atom. The van der Waals surface area contributed by atoms with Crippen molar-refractivity contribution in [1.82, 2.24) is 20.9 Å². The highest BCUT2D eigenvalue weighted by Crippen LogP contribution is 2.16. The van der Waals surface area contributed by atoms with Gasteiger partial charge in [-0.1, -0.05) is 29.4 Å². The number of carbonyl (C=O) groups excluding carboxylic acids is 2. The number of aromatic nitrogens is 2. The van der Waals surface area contributed by atoms with E-state index in [1.165, 1.54) is 0 Å². The molecule has 0 saturated carbocycles. The number of aryl methyl sites for hydroxylation is 1. The van der Waals surface area contributed by atoms with Gasteiger partial charge in [-0.05, 0) is 5.56 Å². The molecule has 0 fully saturated rings. The molecule has 2 heterocycles. The number of rotatable bonds is 4. The molecule has 8 heteroatoms. The maximum atomic E-state index is 11.9. The van der Waals surface area contributed by atoms with Crippen molar-refractivity contribution in [2.45, 2.75) is 26.3 Å². The van der Waals surface area contributed by atoms with Crippen molar-refractivity contribution in [3.8, 4) is 11.4 Å². The molecule has 0 atom stereocenters. The fraction of sp³-hybridized carbons (Fsp3) is 0.267. The van der Waals surface area contributed by atoms with E-state index in [1.807, 2.05) is 24.3 Å². The largest absolute Gasteiger partial charge is 0.347 e. The predicted octanol–water partition coefficient (Wildman–Crippen LogP) is 0.927. The van der Waals surface area contributed by atoms with Gasteiger partial charge in [-0.2, -0.15) is 10.1 Å². The summed E-state index contributed by atoms with van der Waals surface area (Å²) < 4.78 is 4.94. The number of hydrogen-bond acceptors (Lipinski definition) is 6. The zero-order chi connectivity index (χ0) is 16.2. The Hall–Kier alpha value is -3.03. The van der Waals surface area contributed by atoms with Gasteiger partial charge in [-0.15, -0.1) is 0 Å². The normalized spacial score (nSPS) is 14.1. The van der Waals surface area contributed by atoms with E-state index in [1.54, 1.807) is 6.92 Å². The molecule has 0 unspecified atom stereocenters. The van der Waals surface area contributed by atoms with Crippen LogP contribution < -0.4 is 10.7 Å². The van der Waals surface area contributed by atoms with Gasteiger partial charge in [-0.25, -0.2) is 5.43 Å². The molecule has 8 nitrogen and oxygen atoms in total. The smallest absolute Gasteiger partial charge is 0.267 e. The monoisotopic (exact) mass is 313 g/mol. The fourth-order valence-electron chi connectivity index (χ4n) is 2.11. The summed E-state index contributed by atoms with van der Waals surface area (Å²) in [7, 11) is 0. The molecule has 1 aromatic heterocycles. The summed E-state index contributed by atoms with van der Waals surface area (Å²) in [5, 5.41) is 10.4. The van der Waals surface area contributed by atoms with E-state index in [0.29, 0.717) is 30.4 Å². The van der Waals surface area contributed by atoms with Crippen LogP contribution in [0.3, 0.4) is 0 Å². The number of nitrogens with zero attached hydrogens (tertiary/aromatic N) is 3. The average Bonchev–Trinajstić information content (AvgIpc) is 3.00. The highest BCUT2D eigenvalue weighted by atomic mass is 16.5. The lowest BCUT2D eigenvalue weighted by Crippen LogP contribution is -2.36. The number of carbonyl (C=O) groups is 2. The standard InChI is InChI=1S/C15H15N5O3/c1-9-17-14(20-23-9)11-4-2-10(3-5-11)8-16-15(22)12-6-7-13(21)19-18-12/h2-5H,6-8H2,1H3,(H,16,22)(H,19,21). The summed E-state index contributed by atoms with van der Waals surface area (Å²) >= 11 is 0. The summed E-state index contributed by atoms with van der Waals surface area (Å²) in [5.74, 6) is 0.596. The van der Waals surface area contributed by atoms with Crippen LogP contribution in [0.15, 0.2) is 33.9 Å². The number of nitrogens with one attached hydrogen (secondary N) is 2. The molecule has 3 rings (SSSR count). The summed E-state index contributed by atoms with van der Waals surface area (Å²) in [4.78, 5) is 27.1. The second kappa shape index (κ2) is 6.39. The SMILES string of the molecule is Cc1nc(-c2ccc(CNC(=O)C3=NNC(=O)CC3)cc2)no1. The minimum atomic E-state index is -0.275. The van der Waals surface area contributed by atoms with Crippen molar-refractivity contribution in [3.63, 3.8) is 0 Å². The fourth-order valence-corrected chi connectivity index (χ4v) is 2.11. The van der Waals surface area contributed by atoms with E-state index in [9.17, 15) is 9.59 Å². The first-order valence-corrected chi connectivity index (χ1v) is 7.15. The molecule has 0 aliphatic carbocycles. The van der Waals surface area contributed by atoms with Gasteiger partial charge in [0, 0.05) is 31.9 Å². The molecule has 0 spiro atoms. The first-order valence-electron chi connectivity index (χ1n) is 7.15. The van der Waals surface area contributed by atoms with Gasteiger partial charge in [0.05, 0.1) is 0 Å². The highest BCUT2D eigenvalue weighted by molar-refractivity contribution is 6.39. The molecule has 2 aromatic rings. The molecule has 1 aromatic carbocycles. The number of amides is 2. The maximum absolute atomic E-state index is 11.9. The third kappa shape index (κ3) is 3.60. The molecule has 1 aliphatic heterocycles. The molecule has 0 saturated heterocycles. The van der Waals surface area contributed by atoms with Gasteiger partial charge in [0.2, 0.25) is 17.6 Å². The van der Waals surface area contributed by atoms with Gasteiger partial charge in [-0.3, -0.25) is 9.59 Å². The van der Waals surface area contributed by atoms with Crippen LogP contribution in [0.25, 0.3) is 11.4 Å². The minimum Gasteiger partial charge on any atom is -0.347 e. The Balaban J connectivity index is 1.58. The van der Waals surface area contributed by atoms with Crippen LogP contribution in [-0.2, 0) is 16.1 Å². The van der Waals surface area contributed by atoms with Gasteiger partial charge >= 0.3 is 0 Å². The number of hydrazone groups is 1. The van der Waals surface area contributed by atoms with E-state index in [2.05, 4.69) is 26.0 Å². The van der Waals surface area contributed by atoms with E-state index in [0.717, 1.165) is 11.1 Å². The molecular formula is C15H15N5O3. The van der Waals surface area contributed by atoms with Crippen LogP contribution >= 0.6 is 0 Å². The summed E-state index contributed by atoms with van der Waals surface area (Å²) in [5.41, 5.74) is 4.42. The van der Waals surface area contributed by atoms with Crippen LogP contribution in [0.5, 0.6) is 0 Å².